The van der Waals surface area contributed by atoms with Crippen LogP contribution in [0.1, 0.15) is 31.7 Å². The molecule has 1 aromatic heterocycles. The zero-order valence-corrected chi connectivity index (χ0v) is 24.0. The molecule has 0 bridgehead atoms. The molecule has 0 radical (unpaired) electrons. The van der Waals surface area contributed by atoms with Crippen LogP contribution in [0.4, 0.5) is 5.69 Å². The quantitative estimate of drug-likeness (QED) is 0.101. The number of aromatic nitrogens is 1. The third-order valence-corrected chi connectivity index (χ3v) is 7.50. The lowest BCUT2D eigenvalue weighted by atomic mass is 10.0. The van der Waals surface area contributed by atoms with E-state index in [1.54, 1.807) is 18.2 Å². The fraction of sp³-hybridized carbons (Fsp3) is 0.393. The van der Waals surface area contributed by atoms with E-state index in [9.17, 15) is 24.5 Å². The van der Waals surface area contributed by atoms with Gasteiger partial charge in [-0.3, -0.25) is 24.5 Å². The lowest BCUT2D eigenvalue weighted by Crippen LogP contribution is -2.53. The Morgan fingerprint density at radius 1 is 1.02 bits per heavy atom. The molecule has 214 valence electrons. The normalized spacial score (nSPS) is 13.0. The number of nitro groups is 1. The molecule has 11 nitrogen and oxygen atoms in total. The molecule has 0 aliphatic carbocycles. The molecule has 0 unspecified atom stereocenters. The Hall–Kier alpha value is -3.90. The molecule has 0 fully saturated rings. The summed E-state index contributed by atoms with van der Waals surface area (Å²) in [5, 5.41) is 18.4. The first kappa shape index (κ1) is 30.6. The van der Waals surface area contributed by atoms with E-state index in [1.165, 1.54) is 24.8 Å². The first-order valence-electron chi connectivity index (χ1n) is 13.0. The van der Waals surface area contributed by atoms with Gasteiger partial charge in [0.2, 0.25) is 17.7 Å². The van der Waals surface area contributed by atoms with Gasteiger partial charge in [0.25, 0.3) is 5.69 Å². The minimum atomic E-state index is -1.07. The molecule has 3 aromatic rings. The molecule has 2 atom stereocenters. The van der Waals surface area contributed by atoms with Crippen LogP contribution in [0.5, 0.6) is 0 Å². The Bertz CT molecular complexity index is 1380. The SMILES string of the molecule is CC(=O)N[C@@H](CCCC[N+](C)(C)C)C(=O)N[C@@H](Cc1c(Sc2ccccc2[N+](=O)[O-])[nH]c2ccccc12)C(N)=O. The van der Waals surface area contributed by atoms with Gasteiger partial charge in [-0.25, -0.2) is 0 Å². The van der Waals surface area contributed by atoms with E-state index in [2.05, 4.69) is 36.8 Å². The van der Waals surface area contributed by atoms with Crippen LogP contribution in [-0.4, -0.2) is 71.9 Å². The predicted octanol–water partition coefficient (Wildman–Crippen LogP) is 3.12. The Labute approximate surface area is 237 Å². The smallest absolute Gasteiger partial charge is 0.283 e. The molecule has 0 spiro atoms. The average Bonchev–Trinajstić information content (AvgIpc) is 3.21. The molecule has 5 N–H and O–H groups in total. The Morgan fingerprint density at radius 2 is 1.70 bits per heavy atom. The second-order valence-electron chi connectivity index (χ2n) is 10.7. The van der Waals surface area contributed by atoms with Crippen molar-refractivity contribution in [2.75, 3.05) is 27.7 Å². The van der Waals surface area contributed by atoms with E-state index in [-0.39, 0.29) is 18.0 Å². The molecule has 0 saturated heterocycles. The van der Waals surface area contributed by atoms with Crippen molar-refractivity contribution in [3.8, 4) is 0 Å². The van der Waals surface area contributed by atoms with Gasteiger partial charge in [-0.15, -0.1) is 0 Å². The number of rotatable bonds is 14. The van der Waals surface area contributed by atoms with Crippen molar-refractivity contribution < 1.29 is 23.8 Å². The molecular weight excluding hydrogens is 532 g/mol. The number of unbranched alkanes of at least 4 members (excludes halogenated alkanes) is 1. The van der Waals surface area contributed by atoms with E-state index in [1.807, 2.05) is 24.3 Å². The number of carbonyl (C=O) groups excluding carboxylic acids is 3. The van der Waals surface area contributed by atoms with Crippen LogP contribution in [0, 0.1) is 10.1 Å². The number of nitrogens with one attached hydrogen (secondary N) is 3. The van der Waals surface area contributed by atoms with Crippen LogP contribution in [-0.2, 0) is 20.8 Å². The Morgan fingerprint density at radius 3 is 2.35 bits per heavy atom. The van der Waals surface area contributed by atoms with E-state index in [4.69, 9.17) is 5.73 Å². The van der Waals surface area contributed by atoms with Crippen LogP contribution in [0.25, 0.3) is 10.9 Å². The maximum absolute atomic E-state index is 13.2. The van der Waals surface area contributed by atoms with Gasteiger partial charge >= 0.3 is 0 Å². The van der Waals surface area contributed by atoms with Crippen LogP contribution in [0.15, 0.2) is 58.5 Å². The monoisotopic (exact) mass is 569 g/mol. The van der Waals surface area contributed by atoms with Gasteiger partial charge in [0.1, 0.15) is 12.1 Å². The summed E-state index contributed by atoms with van der Waals surface area (Å²) in [4.78, 5) is 52.5. The third kappa shape index (κ3) is 8.55. The number of amides is 3. The summed E-state index contributed by atoms with van der Waals surface area (Å²) in [6, 6.07) is 12.0. The number of primary amides is 1. The van der Waals surface area contributed by atoms with Gasteiger partial charge in [0.05, 0.1) is 42.5 Å². The topological polar surface area (TPSA) is 160 Å². The van der Waals surface area contributed by atoms with Gasteiger partial charge in [0.15, 0.2) is 0 Å². The Kier molecular flexibility index (Phi) is 10.3. The van der Waals surface area contributed by atoms with Crippen molar-refractivity contribution in [3.05, 3.63) is 64.2 Å². The van der Waals surface area contributed by atoms with Crippen LogP contribution in [0.2, 0.25) is 0 Å². The van der Waals surface area contributed by atoms with Crippen molar-refractivity contribution >= 4 is 46.1 Å². The molecule has 0 aliphatic heterocycles. The molecule has 3 amide bonds. The summed E-state index contributed by atoms with van der Waals surface area (Å²) < 4.78 is 0.790. The highest BCUT2D eigenvalue weighted by Crippen LogP contribution is 2.39. The van der Waals surface area contributed by atoms with Gasteiger partial charge in [0, 0.05) is 30.3 Å². The molecule has 40 heavy (non-hydrogen) atoms. The fourth-order valence-corrected chi connectivity index (χ4v) is 5.51. The number of quaternary nitrogens is 1. The molecule has 0 saturated carbocycles. The predicted molar refractivity (Wildman–Crippen MR) is 155 cm³/mol. The fourth-order valence-electron chi connectivity index (χ4n) is 4.42. The number of benzene rings is 2. The standard InChI is InChI=1S/C28H36N6O5S/c1-18(35)30-22(13-9-10-16-34(2,3)4)27(37)31-23(26(29)36)17-20-19-11-5-6-12-21(19)32-28(20)40-25-15-8-7-14-24(25)33(38)39/h5-8,11-12,14-15,22-23,32H,9-10,13,16-17H2,1-4H3,(H3-,29,30,31,35,36,37)/p+1/t22-,23-/m0/s1. The highest BCUT2D eigenvalue weighted by Gasteiger charge is 2.28. The second kappa shape index (κ2) is 13.4. The van der Waals surface area contributed by atoms with Crippen molar-refractivity contribution in [1.29, 1.82) is 0 Å². The number of fused-ring (bicyclic) bond motifs is 1. The van der Waals surface area contributed by atoms with Crippen LogP contribution < -0.4 is 16.4 Å². The van der Waals surface area contributed by atoms with Gasteiger partial charge < -0.3 is 25.8 Å². The first-order valence-corrected chi connectivity index (χ1v) is 13.9. The third-order valence-electron chi connectivity index (χ3n) is 6.38. The Balaban J connectivity index is 1.85. The summed E-state index contributed by atoms with van der Waals surface area (Å²) in [5.41, 5.74) is 7.17. The lowest BCUT2D eigenvalue weighted by molar-refractivity contribution is -0.870. The highest BCUT2D eigenvalue weighted by molar-refractivity contribution is 7.99. The van der Waals surface area contributed by atoms with E-state index in [0.29, 0.717) is 28.3 Å². The summed E-state index contributed by atoms with van der Waals surface area (Å²) in [5.74, 6) is -1.56. The maximum atomic E-state index is 13.2. The number of carbonyl (C=O) groups is 3. The number of hydrogen-bond donors (Lipinski definition) is 4. The lowest BCUT2D eigenvalue weighted by Gasteiger charge is -2.25. The van der Waals surface area contributed by atoms with Gasteiger partial charge in [-0.05, 0) is 37.0 Å². The highest BCUT2D eigenvalue weighted by atomic mass is 32.2. The minimum absolute atomic E-state index is 0.0414. The number of nitro benzene ring substituents is 1. The van der Waals surface area contributed by atoms with Crippen molar-refractivity contribution in [2.45, 2.75) is 54.6 Å². The van der Waals surface area contributed by atoms with E-state index < -0.39 is 28.8 Å². The van der Waals surface area contributed by atoms with E-state index >= 15 is 0 Å². The zero-order valence-electron chi connectivity index (χ0n) is 23.2. The van der Waals surface area contributed by atoms with Crippen molar-refractivity contribution in [3.63, 3.8) is 0 Å². The van der Waals surface area contributed by atoms with Crippen molar-refractivity contribution in [2.24, 2.45) is 5.73 Å². The molecule has 1 heterocycles. The van der Waals surface area contributed by atoms with Crippen LogP contribution >= 0.6 is 11.8 Å². The minimum Gasteiger partial charge on any atom is -0.368 e. The number of hydrogen-bond acceptors (Lipinski definition) is 6. The molecule has 3 rings (SSSR count). The van der Waals surface area contributed by atoms with E-state index in [0.717, 1.165) is 28.4 Å². The molecular formula is C28H37N6O5S+. The number of nitrogens with two attached hydrogens (primary N) is 1. The molecule has 12 heteroatoms. The number of para-hydroxylation sites is 2. The summed E-state index contributed by atoms with van der Waals surface area (Å²) >= 11 is 1.18. The summed E-state index contributed by atoms with van der Waals surface area (Å²) in [7, 11) is 6.26. The molecule has 0 aliphatic rings. The number of nitrogens with zero attached hydrogens (tertiary/aromatic N) is 2. The number of H-pyrrole nitrogens is 1. The largest absolute Gasteiger partial charge is 0.368 e. The summed E-state index contributed by atoms with van der Waals surface area (Å²) in [6.07, 6.45) is 2.06. The maximum Gasteiger partial charge on any atom is 0.283 e. The van der Waals surface area contributed by atoms with Crippen molar-refractivity contribution in [1.82, 2.24) is 15.6 Å². The van der Waals surface area contributed by atoms with Gasteiger partial charge in [-0.2, -0.15) is 0 Å². The average molecular weight is 570 g/mol. The number of aromatic amines is 1. The zero-order chi connectivity index (χ0) is 29.4. The molecule has 2 aromatic carbocycles. The van der Waals surface area contributed by atoms with Gasteiger partial charge in [-0.1, -0.05) is 42.1 Å². The second-order valence-corrected chi connectivity index (χ2v) is 11.8. The first-order chi connectivity index (χ1) is 18.9. The summed E-state index contributed by atoms with van der Waals surface area (Å²) in [6.45, 7) is 2.26. The van der Waals surface area contributed by atoms with Crippen LogP contribution in [0.3, 0.4) is 0 Å².